The molecule has 0 aromatic heterocycles. The van der Waals surface area contributed by atoms with Crippen LogP contribution in [0, 0.1) is 0 Å². The van der Waals surface area contributed by atoms with Gasteiger partial charge in [-0.2, -0.15) is 0 Å². The highest BCUT2D eigenvalue weighted by atomic mass is 16.5. The molecule has 1 aliphatic rings. The first-order valence-corrected chi connectivity index (χ1v) is 10.3. The molecule has 3 aromatic carbocycles. The number of hydrogen-bond donors (Lipinski definition) is 2. The molecular weight excluding hydrogens is 422 g/mol. The van der Waals surface area contributed by atoms with E-state index in [0.29, 0.717) is 22.4 Å². The molecule has 2 N–H and O–H groups in total. The molecule has 0 spiro atoms. The van der Waals surface area contributed by atoms with Gasteiger partial charge in [0, 0.05) is 11.3 Å². The molecule has 1 fully saturated rings. The van der Waals surface area contributed by atoms with E-state index in [2.05, 4.69) is 0 Å². The number of ether oxygens (including phenoxy) is 1. The Bertz CT molecular complexity index is 1230. The first-order chi connectivity index (χ1) is 15.9. The Morgan fingerprint density at radius 2 is 1.55 bits per heavy atom. The molecule has 7 nitrogen and oxygen atoms in total. The van der Waals surface area contributed by atoms with Crippen LogP contribution in [-0.2, 0) is 14.3 Å². The van der Waals surface area contributed by atoms with Gasteiger partial charge in [0.05, 0.1) is 23.8 Å². The molecule has 166 valence electrons. The summed E-state index contributed by atoms with van der Waals surface area (Å²) in [4.78, 5) is 39.5. The zero-order valence-corrected chi connectivity index (χ0v) is 17.8. The molecule has 1 amide bonds. The molecule has 1 atom stereocenters. The lowest BCUT2D eigenvalue weighted by Gasteiger charge is -2.25. The van der Waals surface area contributed by atoms with Crippen LogP contribution in [0.3, 0.4) is 0 Å². The lowest BCUT2D eigenvalue weighted by atomic mass is 9.95. The third-order valence-corrected chi connectivity index (χ3v) is 5.36. The molecule has 0 saturated carbocycles. The molecule has 0 radical (unpaired) electrons. The number of carbonyl (C=O) groups excluding carboxylic acids is 3. The molecule has 0 bridgehead atoms. The van der Waals surface area contributed by atoms with E-state index in [9.17, 15) is 24.6 Å². The van der Waals surface area contributed by atoms with E-state index >= 15 is 0 Å². The summed E-state index contributed by atoms with van der Waals surface area (Å²) in [6.07, 6.45) is 0. The molecule has 1 unspecified atom stereocenters. The zero-order chi connectivity index (χ0) is 23.5. The van der Waals surface area contributed by atoms with Gasteiger partial charge in [-0.3, -0.25) is 14.5 Å². The number of nitrogens with zero attached hydrogens (tertiary/aromatic N) is 1. The Morgan fingerprint density at radius 3 is 2.15 bits per heavy atom. The number of rotatable bonds is 5. The normalized spacial score (nSPS) is 17.2. The average Bonchev–Trinajstić information content (AvgIpc) is 3.10. The number of anilines is 1. The van der Waals surface area contributed by atoms with Crippen molar-refractivity contribution in [1.82, 2.24) is 0 Å². The predicted octanol–water partition coefficient (Wildman–Crippen LogP) is 4.20. The van der Waals surface area contributed by atoms with Crippen LogP contribution < -0.4 is 4.90 Å². The second-order valence-corrected chi connectivity index (χ2v) is 7.39. The summed E-state index contributed by atoms with van der Waals surface area (Å²) >= 11 is 0. The molecule has 1 heterocycles. The van der Waals surface area contributed by atoms with Gasteiger partial charge in [0.15, 0.2) is 0 Å². The molecule has 1 aliphatic heterocycles. The molecule has 3 aromatic rings. The summed E-state index contributed by atoms with van der Waals surface area (Å²) in [6.45, 7) is 1.94. The van der Waals surface area contributed by atoms with Crippen molar-refractivity contribution in [2.24, 2.45) is 0 Å². The van der Waals surface area contributed by atoms with E-state index in [0.717, 1.165) is 0 Å². The van der Waals surface area contributed by atoms with E-state index in [4.69, 9.17) is 4.74 Å². The Hall–Kier alpha value is -4.39. The van der Waals surface area contributed by atoms with Crippen molar-refractivity contribution < 1.29 is 29.3 Å². The minimum absolute atomic E-state index is 0.0255. The van der Waals surface area contributed by atoms with E-state index in [1.165, 1.54) is 29.2 Å². The highest BCUT2D eigenvalue weighted by Gasteiger charge is 2.47. The second kappa shape index (κ2) is 9.00. The second-order valence-electron chi connectivity index (χ2n) is 7.39. The highest BCUT2D eigenvalue weighted by Crippen LogP contribution is 2.42. The number of aromatic hydroxyl groups is 1. The molecule has 4 rings (SSSR count). The molecular formula is C26H21NO6. The summed E-state index contributed by atoms with van der Waals surface area (Å²) in [5.74, 6) is -2.40. The SMILES string of the molecule is CCOC(=O)c1ccc(N2C(=O)C(=O)/C(=C(/O)c3ccccc3)C2c2ccc(O)cc2)cc1. The summed E-state index contributed by atoms with van der Waals surface area (Å²) in [5, 5.41) is 20.7. The van der Waals surface area contributed by atoms with Gasteiger partial charge in [-0.1, -0.05) is 42.5 Å². The van der Waals surface area contributed by atoms with Crippen molar-refractivity contribution in [3.8, 4) is 5.75 Å². The smallest absolute Gasteiger partial charge is 0.338 e. The minimum Gasteiger partial charge on any atom is -0.508 e. The van der Waals surface area contributed by atoms with Crippen LogP contribution in [0.1, 0.15) is 34.5 Å². The van der Waals surface area contributed by atoms with Gasteiger partial charge in [-0.25, -0.2) is 4.79 Å². The number of ketones is 1. The van der Waals surface area contributed by atoms with Crippen LogP contribution in [-0.4, -0.2) is 34.5 Å². The van der Waals surface area contributed by atoms with Crippen molar-refractivity contribution in [2.75, 3.05) is 11.5 Å². The maximum atomic E-state index is 13.1. The number of aliphatic hydroxyl groups is 1. The highest BCUT2D eigenvalue weighted by molar-refractivity contribution is 6.51. The Kier molecular flexibility index (Phi) is 5.95. The average molecular weight is 443 g/mol. The van der Waals surface area contributed by atoms with E-state index in [1.807, 2.05) is 0 Å². The van der Waals surface area contributed by atoms with Crippen LogP contribution in [0.25, 0.3) is 5.76 Å². The summed E-state index contributed by atoms with van der Waals surface area (Å²) in [6, 6.07) is 19.8. The first-order valence-electron chi connectivity index (χ1n) is 10.3. The van der Waals surface area contributed by atoms with E-state index in [1.54, 1.807) is 61.5 Å². The Balaban J connectivity index is 1.85. The predicted molar refractivity (Wildman–Crippen MR) is 122 cm³/mol. The van der Waals surface area contributed by atoms with Gasteiger partial charge >= 0.3 is 5.97 Å². The number of aliphatic hydroxyl groups excluding tert-OH is 1. The van der Waals surface area contributed by atoms with Crippen LogP contribution >= 0.6 is 0 Å². The Morgan fingerprint density at radius 1 is 0.909 bits per heavy atom. The monoisotopic (exact) mass is 443 g/mol. The number of hydrogen-bond acceptors (Lipinski definition) is 6. The lowest BCUT2D eigenvalue weighted by molar-refractivity contribution is -0.132. The van der Waals surface area contributed by atoms with Gasteiger partial charge in [0.25, 0.3) is 11.7 Å². The zero-order valence-electron chi connectivity index (χ0n) is 17.8. The number of carbonyl (C=O) groups is 3. The number of phenols is 1. The number of amides is 1. The van der Waals surface area contributed by atoms with Gasteiger partial charge in [-0.15, -0.1) is 0 Å². The topological polar surface area (TPSA) is 104 Å². The van der Waals surface area contributed by atoms with Crippen LogP contribution in [0.15, 0.2) is 84.4 Å². The van der Waals surface area contributed by atoms with Crippen molar-refractivity contribution in [3.05, 3.63) is 101 Å². The van der Waals surface area contributed by atoms with Crippen LogP contribution in [0.2, 0.25) is 0 Å². The quantitative estimate of drug-likeness (QED) is 0.265. The fraction of sp³-hybridized carbons (Fsp3) is 0.115. The van der Waals surface area contributed by atoms with Gasteiger partial charge in [0.2, 0.25) is 0 Å². The number of benzene rings is 3. The van der Waals surface area contributed by atoms with Gasteiger partial charge < -0.3 is 14.9 Å². The fourth-order valence-electron chi connectivity index (χ4n) is 3.79. The van der Waals surface area contributed by atoms with Crippen molar-refractivity contribution >= 4 is 29.1 Å². The molecule has 1 saturated heterocycles. The molecule has 7 heteroatoms. The number of esters is 1. The summed E-state index contributed by atoms with van der Waals surface area (Å²) < 4.78 is 4.99. The van der Waals surface area contributed by atoms with E-state index in [-0.39, 0.29) is 23.7 Å². The lowest BCUT2D eigenvalue weighted by Crippen LogP contribution is -2.29. The van der Waals surface area contributed by atoms with Crippen molar-refractivity contribution in [1.29, 1.82) is 0 Å². The van der Waals surface area contributed by atoms with Crippen molar-refractivity contribution in [2.45, 2.75) is 13.0 Å². The standard InChI is InChI=1S/C26H21NO6/c1-2-33-26(32)18-8-12-19(13-9-18)27-22(16-10-14-20(28)15-11-16)21(24(30)25(27)31)23(29)17-6-4-3-5-7-17/h3-15,22,28-29H,2H2,1H3/b23-21+. The number of phenolic OH excluding ortho intramolecular Hbond substituents is 1. The summed E-state index contributed by atoms with van der Waals surface area (Å²) in [7, 11) is 0. The third-order valence-electron chi connectivity index (χ3n) is 5.36. The molecule has 0 aliphatic carbocycles. The van der Waals surface area contributed by atoms with Gasteiger partial charge in [0.1, 0.15) is 11.5 Å². The maximum Gasteiger partial charge on any atom is 0.338 e. The fourth-order valence-corrected chi connectivity index (χ4v) is 3.79. The van der Waals surface area contributed by atoms with E-state index < -0.39 is 23.7 Å². The Labute approximate surface area is 190 Å². The first kappa shape index (κ1) is 21.8. The van der Waals surface area contributed by atoms with Crippen LogP contribution in [0.4, 0.5) is 5.69 Å². The largest absolute Gasteiger partial charge is 0.508 e. The van der Waals surface area contributed by atoms with Crippen molar-refractivity contribution in [3.63, 3.8) is 0 Å². The summed E-state index contributed by atoms with van der Waals surface area (Å²) in [5.41, 5.74) is 1.54. The number of Topliss-reactive ketones (excluding diaryl/α,β-unsaturated/α-hetero) is 1. The maximum absolute atomic E-state index is 13.1. The minimum atomic E-state index is -0.931. The van der Waals surface area contributed by atoms with Gasteiger partial charge in [-0.05, 0) is 48.9 Å². The van der Waals surface area contributed by atoms with Crippen LogP contribution in [0.5, 0.6) is 5.75 Å². The third kappa shape index (κ3) is 4.08. The molecule has 33 heavy (non-hydrogen) atoms.